The molecule has 0 amide bonds. The first-order chi connectivity index (χ1) is 11.7. The molecule has 0 unspecified atom stereocenters. The van der Waals surface area contributed by atoms with Crippen molar-refractivity contribution in [1.29, 1.82) is 0 Å². The Morgan fingerprint density at radius 2 is 1.88 bits per heavy atom. The second-order valence-corrected chi connectivity index (χ2v) is 8.14. The number of hydrogen-bond donors (Lipinski definition) is 0. The monoisotopic (exact) mass is 346 g/mol. The van der Waals surface area contributed by atoms with Crippen LogP contribution in [0.5, 0.6) is 0 Å². The molecule has 3 heterocycles. The summed E-state index contributed by atoms with van der Waals surface area (Å²) >= 11 is 0. The standard InChI is InChI=1S/C18H30N6O/c1-12-15(13(2)24(20-12)18(4,5)6)10-23-9-8-22(7)16(11-23)17-19-14(3)21-25-17/h16H,8-11H2,1-7H3/t16-/m0/s1. The van der Waals surface area contributed by atoms with Crippen molar-refractivity contribution in [3.8, 4) is 0 Å². The summed E-state index contributed by atoms with van der Waals surface area (Å²) in [5.74, 6) is 1.40. The normalized spacial score (nSPS) is 20.4. The van der Waals surface area contributed by atoms with Crippen LogP contribution in [-0.2, 0) is 12.1 Å². The van der Waals surface area contributed by atoms with Crippen LogP contribution >= 0.6 is 0 Å². The third-order valence-corrected chi connectivity index (χ3v) is 5.02. The maximum absolute atomic E-state index is 5.42. The summed E-state index contributed by atoms with van der Waals surface area (Å²) in [7, 11) is 2.12. The van der Waals surface area contributed by atoms with Gasteiger partial charge in [-0.2, -0.15) is 10.1 Å². The van der Waals surface area contributed by atoms with Crippen LogP contribution < -0.4 is 0 Å². The fourth-order valence-electron chi connectivity index (χ4n) is 3.57. The van der Waals surface area contributed by atoms with Gasteiger partial charge in [-0.25, -0.2) is 0 Å². The number of aryl methyl sites for hydroxylation is 2. The highest BCUT2D eigenvalue weighted by molar-refractivity contribution is 5.25. The lowest BCUT2D eigenvalue weighted by Gasteiger charge is -2.37. The molecule has 7 nitrogen and oxygen atoms in total. The Morgan fingerprint density at radius 1 is 1.16 bits per heavy atom. The summed E-state index contributed by atoms with van der Waals surface area (Å²) in [4.78, 5) is 9.20. The number of nitrogens with zero attached hydrogens (tertiary/aromatic N) is 6. The molecule has 0 aliphatic carbocycles. The number of rotatable bonds is 3. The highest BCUT2D eigenvalue weighted by Gasteiger charge is 2.31. The molecule has 1 atom stereocenters. The minimum Gasteiger partial charge on any atom is -0.338 e. The molecule has 1 aliphatic heterocycles. The van der Waals surface area contributed by atoms with Crippen LogP contribution in [0.2, 0.25) is 0 Å². The fourth-order valence-corrected chi connectivity index (χ4v) is 3.57. The highest BCUT2D eigenvalue weighted by atomic mass is 16.5. The zero-order valence-electron chi connectivity index (χ0n) is 16.5. The van der Waals surface area contributed by atoms with E-state index in [4.69, 9.17) is 9.62 Å². The highest BCUT2D eigenvalue weighted by Crippen LogP contribution is 2.26. The Balaban J connectivity index is 1.79. The van der Waals surface area contributed by atoms with Crippen molar-refractivity contribution in [3.63, 3.8) is 0 Å². The Kier molecular flexibility index (Phi) is 4.72. The molecule has 2 aromatic heterocycles. The minimum absolute atomic E-state index is 0.000963. The predicted molar refractivity (Wildman–Crippen MR) is 96.4 cm³/mol. The molecule has 1 saturated heterocycles. The van der Waals surface area contributed by atoms with Crippen LogP contribution in [0.15, 0.2) is 4.52 Å². The molecular weight excluding hydrogens is 316 g/mol. The van der Waals surface area contributed by atoms with Crippen LogP contribution in [0.25, 0.3) is 0 Å². The third-order valence-electron chi connectivity index (χ3n) is 5.02. The molecule has 138 valence electrons. The molecule has 0 N–H and O–H groups in total. The number of aromatic nitrogens is 4. The van der Waals surface area contributed by atoms with E-state index < -0.39 is 0 Å². The Morgan fingerprint density at radius 3 is 2.44 bits per heavy atom. The molecule has 3 rings (SSSR count). The molecule has 1 fully saturated rings. The van der Waals surface area contributed by atoms with Crippen LogP contribution in [-0.4, -0.2) is 56.4 Å². The van der Waals surface area contributed by atoms with Gasteiger partial charge in [0.15, 0.2) is 5.82 Å². The van der Waals surface area contributed by atoms with E-state index in [9.17, 15) is 0 Å². The van der Waals surface area contributed by atoms with Gasteiger partial charge in [-0.05, 0) is 48.6 Å². The smallest absolute Gasteiger partial charge is 0.245 e. The summed E-state index contributed by atoms with van der Waals surface area (Å²) in [5, 5.41) is 8.73. The number of likely N-dealkylation sites (N-methyl/N-ethyl adjacent to an activating group) is 1. The van der Waals surface area contributed by atoms with E-state index in [0.29, 0.717) is 11.7 Å². The average molecular weight is 346 g/mol. The van der Waals surface area contributed by atoms with Gasteiger partial charge in [0.25, 0.3) is 0 Å². The van der Waals surface area contributed by atoms with Gasteiger partial charge in [0.05, 0.1) is 11.2 Å². The second kappa shape index (κ2) is 6.53. The maximum Gasteiger partial charge on any atom is 0.245 e. The molecule has 0 bridgehead atoms. The van der Waals surface area contributed by atoms with Gasteiger partial charge in [-0.1, -0.05) is 5.16 Å². The SMILES string of the molecule is Cc1noc([C@@H]2CN(Cc3c(C)nn(C(C)(C)C)c3C)CCN2C)n1. The average Bonchev–Trinajstić information content (AvgIpc) is 3.07. The lowest BCUT2D eigenvalue weighted by atomic mass is 10.1. The van der Waals surface area contributed by atoms with E-state index in [1.54, 1.807) is 0 Å². The van der Waals surface area contributed by atoms with E-state index >= 15 is 0 Å². The maximum atomic E-state index is 5.42. The molecular formula is C18H30N6O. The Labute approximate surface area is 150 Å². The summed E-state index contributed by atoms with van der Waals surface area (Å²) in [6, 6.07) is 0.147. The molecule has 2 aromatic rings. The van der Waals surface area contributed by atoms with Crippen molar-refractivity contribution < 1.29 is 4.52 Å². The molecule has 0 radical (unpaired) electrons. The van der Waals surface area contributed by atoms with Crippen molar-refractivity contribution in [2.24, 2.45) is 0 Å². The van der Waals surface area contributed by atoms with Crippen molar-refractivity contribution in [2.75, 3.05) is 26.7 Å². The Bertz CT molecular complexity index is 741. The predicted octanol–water partition coefficient (Wildman–Crippen LogP) is 2.44. The van der Waals surface area contributed by atoms with E-state index in [0.717, 1.165) is 31.9 Å². The lowest BCUT2D eigenvalue weighted by Crippen LogP contribution is -2.46. The van der Waals surface area contributed by atoms with Gasteiger partial charge in [0, 0.05) is 37.4 Å². The summed E-state index contributed by atoms with van der Waals surface area (Å²) < 4.78 is 7.57. The van der Waals surface area contributed by atoms with Crippen LogP contribution in [0, 0.1) is 20.8 Å². The quantitative estimate of drug-likeness (QED) is 0.850. The minimum atomic E-state index is -0.000963. The summed E-state index contributed by atoms with van der Waals surface area (Å²) in [6.07, 6.45) is 0. The lowest BCUT2D eigenvalue weighted by molar-refractivity contribution is 0.0712. The van der Waals surface area contributed by atoms with E-state index in [2.05, 4.69) is 66.3 Å². The van der Waals surface area contributed by atoms with Crippen LogP contribution in [0.4, 0.5) is 0 Å². The second-order valence-electron chi connectivity index (χ2n) is 8.14. The topological polar surface area (TPSA) is 63.2 Å². The Hall–Kier alpha value is -1.73. The molecule has 25 heavy (non-hydrogen) atoms. The van der Waals surface area contributed by atoms with Gasteiger partial charge in [0.1, 0.15) is 6.04 Å². The first-order valence-corrected chi connectivity index (χ1v) is 8.95. The number of piperazine rings is 1. The fraction of sp³-hybridized carbons (Fsp3) is 0.722. The third kappa shape index (κ3) is 3.62. The zero-order chi connectivity index (χ0) is 18.4. The summed E-state index contributed by atoms with van der Waals surface area (Å²) in [5.41, 5.74) is 3.71. The van der Waals surface area contributed by atoms with Crippen LogP contribution in [0.3, 0.4) is 0 Å². The van der Waals surface area contributed by atoms with Crippen molar-refractivity contribution in [3.05, 3.63) is 28.7 Å². The van der Waals surface area contributed by atoms with Gasteiger partial charge in [-0.3, -0.25) is 14.5 Å². The first kappa shape index (κ1) is 18.1. The zero-order valence-corrected chi connectivity index (χ0v) is 16.5. The summed E-state index contributed by atoms with van der Waals surface area (Å²) in [6.45, 7) is 16.5. The van der Waals surface area contributed by atoms with Crippen molar-refractivity contribution in [1.82, 2.24) is 29.7 Å². The first-order valence-electron chi connectivity index (χ1n) is 8.95. The van der Waals surface area contributed by atoms with Gasteiger partial charge >= 0.3 is 0 Å². The molecule has 0 spiro atoms. The largest absolute Gasteiger partial charge is 0.338 e. The van der Waals surface area contributed by atoms with E-state index in [-0.39, 0.29) is 11.6 Å². The molecule has 1 aliphatic rings. The van der Waals surface area contributed by atoms with E-state index in [1.807, 2.05) is 6.92 Å². The molecule has 0 aromatic carbocycles. The van der Waals surface area contributed by atoms with Crippen molar-refractivity contribution in [2.45, 2.75) is 59.7 Å². The van der Waals surface area contributed by atoms with Crippen molar-refractivity contribution >= 4 is 0 Å². The molecule has 0 saturated carbocycles. The van der Waals surface area contributed by atoms with Crippen LogP contribution in [0.1, 0.15) is 55.5 Å². The van der Waals surface area contributed by atoms with Gasteiger partial charge < -0.3 is 4.52 Å². The van der Waals surface area contributed by atoms with Gasteiger partial charge in [0.2, 0.25) is 5.89 Å². The molecule has 7 heteroatoms. The van der Waals surface area contributed by atoms with Gasteiger partial charge in [-0.15, -0.1) is 0 Å². The van der Waals surface area contributed by atoms with E-state index in [1.165, 1.54) is 11.3 Å². The number of hydrogen-bond acceptors (Lipinski definition) is 6.